The highest BCUT2D eigenvalue weighted by atomic mass is 16.2. The number of benzene rings is 2. The second kappa shape index (κ2) is 9.84. The Kier molecular flexibility index (Phi) is 6.73. The van der Waals surface area contributed by atoms with Crippen molar-refractivity contribution in [1.29, 1.82) is 0 Å². The maximum atomic E-state index is 12.3. The Morgan fingerprint density at radius 3 is 2.31 bits per heavy atom. The molecule has 0 spiro atoms. The molecule has 1 saturated carbocycles. The highest BCUT2D eigenvalue weighted by molar-refractivity contribution is 5.95. The summed E-state index contributed by atoms with van der Waals surface area (Å²) in [4.78, 5) is 14.8. The fourth-order valence-electron chi connectivity index (χ4n) is 4.41. The molecule has 29 heavy (non-hydrogen) atoms. The summed E-state index contributed by atoms with van der Waals surface area (Å²) in [6, 6.07) is 18.8. The van der Waals surface area contributed by atoms with Crippen LogP contribution in [0.1, 0.15) is 60.0 Å². The van der Waals surface area contributed by atoms with E-state index in [2.05, 4.69) is 57.9 Å². The molecule has 4 heteroatoms. The molecule has 1 aliphatic heterocycles. The summed E-state index contributed by atoms with van der Waals surface area (Å²) in [7, 11) is 0. The number of hydrogen-bond donors (Lipinski definition) is 1. The largest absolute Gasteiger partial charge is 0.299 e. The number of piperidine rings is 1. The van der Waals surface area contributed by atoms with Gasteiger partial charge in [0.2, 0.25) is 0 Å². The number of carbonyl (C=O) groups is 1. The van der Waals surface area contributed by atoms with Gasteiger partial charge in [0.25, 0.3) is 5.91 Å². The maximum Gasteiger partial charge on any atom is 0.271 e. The van der Waals surface area contributed by atoms with Gasteiger partial charge in [-0.15, -0.1) is 0 Å². The zero-order valence-corrected chi connectivity index (χ0v) is 17.1. The van der Waals surface area contributed by atoms with Crippen molar-refractivity contribution in [3.8, 4) is 0 Å². The first-order valence-electron chi connectivity index (χ1n) is 11.0. The predicted octanol–water partition coefficient (Wildman–Crippen LogP) is 4.80. The number of nitrogens with one attached hydrogen (secondary N) is 1. The molecule has 1 heterocycles. The standard InChI is InChI=1S/C25H31N3O/c29-25(27-26-24-8-4-5-9-24)23-12-10-22(11-13-23)19-28-16-14-21(15-17-28)18-20-6-2-1-3-7-20/h1-3,6-7,10-13,21H,4-5,8-9,14-19H2,(H,27,29). The molecular formula is C25H31N3O. The van der Waals surface area contributed by atoms with Gasteiger partial charge in [0, 0.05) is 17.8 Å². The molecule has 4 rings (SSSR count). The number of likely N-dealkylation sites (tertiary alicyclic amines) is 1. The normalized spacial score (nSPS) is 18.0. The maximum absolute atomic E-state index is 12.3. The van der Waals surface area contributed by atoms with Crippen molar-refractivity contribution in [3.05, 3.63) is 71.3 Å². The van der Waals surface area contributed by atoms with Crippen molar-refractivity contribution < 1.29 is 4.79 Å². The molecule has 1 N–H and O–H groups in total. The molecule has 0 bridgehead atoms. The lowest BCUT2D eigenvalue weighted by molar-refractivity contribution is 0.0954. The van der Waals surface area contributed by atoms with Crippen LogP contribution in [-0.2, 0) is 13.0 Å². The second-order valence-electron chi connectivity index (χ2n) is 8.43. The van der Waals surface area contributed by atoms with Gasteiger partial charge in [0.1, 0.15) is 0 Å². The van der Waals surface area contributed by atoms with Crippen molar-refractivity contribution >= 4 is 11.6 Å². The summed E-state index contributed by atoms with van der Waals surface area (Å²) in [6.45, 7) is 3.26. The van der Waals surface area contributed by atoms with E-state index >= 15 is 0 Å². The second-order valence-corrected chi connectivity index (χ2v) is 8.43. The Morgan fingerprint density at radius 2 is 1.62 bits per heavy atom. The van der Waals surface area contributed by atoms with E-state index in [1.54, 1.807) is 0 Å². The molecule has 2 aromatic rings. The zero-order chi connectivity index (χ0) is 19.9. The number of hydrazone groups is 1. The molecule has 152 valence electrons. The minimum Gasteiger partial charge on any atom is -0.299 e. The van der Waals surface area contributed by atoms with E-state index in [1.807, 2.05) is 12.1 Å². The molecule has 1 amide bonds. The van der Waals surface area contributed by atoms with Crippen molar-refractivity contribution in [2.75, 3.05) is 13.1 Å². The zero-order valence-electron chi connectivity index (χ0n) is 17.1. The van der Waals surface area contributed by atoms with Gasteiger partial charge in [-0.25, -0.2) is 5.43 Å². The van der Waals surface area contributed by atoms with E-state index < -0.39 is 0 Å². The Morgan fingerprint density at radius 1 is 0.931 bits per heavy atom. The van der Waals surface area contributed by atoms with Crippen molar-refractivity contribution in [2.24, 2.45) is 11.0 Å². The molecule has 0 radical (unpaired) electrons. The minimum atomic E-state index is -0.113. The monoisotopic (exact) mass is 389 g/mol. The van der Waals surface area contributed by atoms with Gasteiger partial charge in [-0.05, 0) is 87.2 Å². The summed E-state index contributed by atoms with van der Waals surface area (Å²) in [5.41, 5.74) is 7.22. The Labute approximate surface area is 174 Å². The van der Waals surface area contributed by atoms with Crippen molar-refractivity contribution in [3.63, 3.8) is 0 Å². The molecule has 0 unspecified atom stereocenters. The molecule has 2 aromatic carbocycles. The molecule has 2 aliphatic rings. The topological polar surface area (TPSA) is 44.7 Å². The van der Waals surface area contributed by atoms with Gasteiger partial charge >= 0.3 is 0 Å². The van der Waals surface area contributed by atoms with E-state index in [4.69, 9.17) is 0 Å². The van der Waals surface area contributed by atoms with E-state index in [1.165, 1.54) is 43.2 Å². The highest BCUT2D eigenvalue weighted by Crippen LogP contribution is 2.23. The van der Waals surface area contributed by atoms with Gasteiger partial charge in [0.05, 0.1) is 0 Å². The fraction of sp³-hybridized carbons (Fsp3) is 0.440. The van der Waals surface area contributed by atoms with E-state index in [9.17, 15) is 4.79 Å². The van der Waals surface area contributed by atoms with E-state index in [0.717, 1.165) is 44.1 Å². The van der Waals surface area contributed by atoms with Gasteiger partial charge in [0.15, 0.2) is 0 Å². The fourth-order valence-corrected chi connectivity index (χ4v) is 4.41. The number of rotatable bonds is 6. The summed E-state index contributed by atoms with van der Waals surface area (Å²) in [5.74, 6) is 0.680. The Hall–Kier alpha value is -2.46. The molecule has 1 aliphatic carbocycles. The SMILES string of the molecule is O=C(NN=C1CCCC1)c1ccc(CN2CCC(Cc3ccccc3)CC2)cc1. The number of amides is 1. The van der Waals surface area contributed by atoms with Crippen LogP contribution in [0, 0.1) is 5.92 Å². The summed E-state index contributed by atoms with van der Waals surface area (Å²) in [5, 5.41) is 4.26. The van der Waals surface area contributed by atoms with Crippen LogP contribution in [0.4, 0.5) is 0 Å². The molecule has 1 saturated heterocycles. The molecule has 0 atom stereocenters. The van der Waals surface area contributed by atoms with Crippen LogP contribution in [0.15, 0.2) is 59.7 Å². The van der Waals surface area contributed by atoms with E-state index in [0.29, 0.717) is 5.56 Å². The number of carbonyl (C=O) groups excluding carboxylic acids is 1. The smallest absolute Gasteiger partial charge is 0.271 e. The predicted molar refractivity (Wildman–Crippen MR) is 118 cm³/mol. The van der Waals surface area contributed by atoms with Crippen LogP contribution in [-0.4, -0.2) is 29.6 Å². The van der Waals surface area contributed by atoms with Crippen LogP contribution in [0.5, 0.6) is 0 Å². The summed E-state index contributed by atoms with van der Waals surface area (Å²) >= 11 is 0. The minimum absolute atomic E-state index is 0.113. The number of nitrogens with zero attached hydrogens (tertiary/aromatic N) is 2. The third-order valence-corrected chi connectivity index (χ3v) is 6.19. The first kappa shape index (κ1) is 19.8. The first-order valence-corrected chi connectivity index (χ1v) is 11.0. The Balaban J connectivity index is 1.23. The van der Waals surface area contributed by atoms with Crippen LogP contribution < -0.4 is 5.43 Å². The van der Waals surface area contributed by atoms with Crippen LogP contribution in [0.25, 0.3) is 0 Å². The summed E-state index contributed by atoms with van der Waals surface area (Å²) in [6.07, 6.45) is 8.12. The average Bonchev–Trinajstić information content (AvgIpc) is 3.28. The molecule has 0 aromatic heterocycles. The van der Waals surface area contributed by atoms with Crippen molar-refractivity contribution in [2.45, 2.75) is 51.5 Å². The van der Waals surface area contributed by atoms with E-state index in [-0.39, 0.29) is 5.91 Å². The third kappa shape index (κ3) is 5.77. The highest BCUT2D eigenvalue weighted by Gasteiger charge is 2.19. The molecule has 2 fully saturated rings. The lowest BCUT2D eigenvalue weighted by Crippen LogP contribution is -2.33. The summed E-state index contributed by atoms with van der Waals surface area (Å²) < 4.78 is 0. The Bertz CT molecular complexity index is 813. The first-order chi connectivity index (χ1) is 14.3. The lowest BCUT2D eigenvalue weighted by atomic mass is 9.90. The van der Waals surface area contributed by atoms with Gasteiger partial charge < -0.3 is 0 Å². The van der Waals surface area contributed by atoms with Gasteiger partial charge in [-0.1, -0.05) is 42.5 Å². The number of hydrogen-bond acceptors (Lipinski definition) is 3. The molecular weight excluding hydrogens is 358 g/mol. The van der Waals surface area contributed by atoms with Gasteiger partial charge in [-0.2, -0.15) is 5.10 Å². The third-order valence-electron chi connectivity index (χ3n) is 6.19. The van der Waals surface area contributed by atoms with Crippen LogP contribution >= 0.6 is 0 Å². The lowest BCUT2D eigenvalue weighted by Gasteiger charge is -2.32. The van der Waals surface area contributed by atoms with Crippen molar-refractivity contribution in [1.82, 2.24) is 10.3 Å². The van der Waals surface area contributed by atoms with Crippen LogP contribution in [0.2, 0.25) is 0 Å². The quantitative estimate of drug-likeness (QED) is 0.721. The van der Waals surface area contributed by atoms with Gasteiger partial charge in [-0.3, -0.25) is 9.69 Å². The van der Waals surface area contributed by atoms with Crippen LogP contribution in [0.3, 0.4) is 0 Å². The molecule has 4 nitrogen and oxygen atoms in total. The average molecular weight is 390 g/mol.